The molecule has 0 bridgehead atoms. The van der Waals surface area contributed by atoms with Crippen molar-refractivity contribution in [2.75, 3.05) is 26.9 Å². The standard InChI is InChI=1S/C16H31NO2/c1-12-7-14(9-16(2,3)8-12)19-11-15(17-4)13-5-6-18-10-13/h12-15,17H,5-11H2,1-4H3. The summed E-state index contributed by atoms with van der Waals surface area (Å²) in [6, 6.07) is 0.447. The minimum Gasteiger partial charge on any atom is -0.381 e. The quantitative estimate of drug-likeness (QED) is 0.832. The molecular weight excluding hydrogens is 238 g/mol. The van der Waals surface area contributed by atoms with Crippen LogP contribution < -0.4 is 5.32 Å². The van der Waals surface area contributed by atoms with Crippen LogP contribution in [0.4, 0.5) is 0 Å². The van der Waals surface area contributed by atoms with E-state index in [4.69, 9.17) is 9.47 Å². The van der Waals surface area contributed by atoms with Crippen LogP contribution in [0.25, 0.3) is 0 Å². The smallest absolute Gasteiger partial charge is 0.0626 e. The minimum absolute atomic E-state index is 0.438. The maximum Gasteiger partial charge on any atom is 0.0626 e. The molecule has 112 valence electrons. The zero-order valence-corrected chi connectivity index (χ0v) is 13.1. The van der Waals surface area contributed by atoms with Crippen molar-refractivity contribution in [2.24, 2.45) is 17.3 Å². The van der Waals surface area contributed by atoms with E-state index in [0.717, 1.165) is 25.7 Å². The van der Waals surface area contributed by atoms with Gasteiger partial charge in [-0.25, -0.2) is 0 Å². The first-order chi connectivity index (χ1) is 9.00. The molecule has 1 heterocycles. The zero-order chi connectivity index (χ0) is 13.9. The van der Waals surface area contributed by atoms with E-state index in [0.29, 0.717) is 23.5 Å². The van der Waals surface area contributed by atoms with Gasteiger partial charge in [0.25, 0.3) is 0 Å². The van der Waals surface area contributed by atoms with Gasteiger partial charge >= 0.3 is 0 Å². The van der Waals surface area contributed by atoms with Gasteiger partial charge in [0.2, 0.25) is 0 Å². The van der Waals surface area contributed by atoms with E-state index >= 15 is 0 Å². The molecule has 0 spiro atoms. The molecule has 4 atom stereocenters. The van der Waals surface area contributed by atoms with E-state index in [1.54, 1.807) is 0 Å². The number of ether oxygens (including phenoxy) is 2. The fourth-order valence-corrected chi connectivity index (χ4v) is 3.95. The van der Waals surface area contributed by atoms with Crippen LogP contribution in [0.3, 0.4) is 0 Å². The van der Waals surface area contributed by atoms with Crippen LogP contribution in [0.5, 0.6) is 0 Å². The van der Waals surface area contributed by atoms with Gasteiger partial charge in [-0.2, -0.15) is 0 Å². The Morgan fingerprint density at radius 2 is 2.16 bits per heavy atom. The molecule has 2 aliphatic rings. The summed E-state index contributed by atoms with van der Waals surface area (Å²) in [5.74, 6) is 1.41. The molecule has 0 aromatic carbocycles. The number of hydrogen-bond donors (Lipinski definition) is 1. The van der Waals surface area contributed by atoms with Crippen LogP contribution >= 0.6 is 0 Å². The summed E-state index contributed by atoms with van der Waals surface area (Å²) in [7, 11) is 2.04. The van der Waals surface area contributed by atoms with Crippen LogP contribution in [0, 0.1) is 17.3 Å². The second-order valence-corrected chi connectivity index (χ2v) is 7.39. The van der Waals surface area contributed by atoms with Crippen molar-refractivity contribution in [1.29, 1.82) is 0 Å². The highest BCUT2D eigenvalue weighted by atomic mass is 16.5. The molecule has 2 rings (SSSR count). The van der Waals surface area contributed by atoms with Gasteiger partial charge in [0.15, 0.2) is 0 Å². The molecule has 0 aromatic heterocycles. The van der Waals surface area contributed by atoms with Gasteiger partial charge < -0.3 is 14.8 Å². The lowest BCUT2D eigenvalue weighted by Gasteiger charge is -2.39. The molecule has 2 fully saturated rings. The third-order valence-corrected chi connectivity index (χ3v) is 4.76. The lowest BCUT2D eigenvalue weighted by atomic mass is 9.71. The Kier molecular flexibility index (Phi) is 5.27. The Labute approximate surface area is 118 Å². The maximum absolute atomic E-state index is 6.24. The molecule has 1 aliphatic heterocycles. The van der Waals surface area contributed by atoms with Gasteiger partial charge in [-0.3, -0.25) is 0 Å². The average Bonchev–Trinajstić information content (AvgIpc) is 2.81. The summed E-state index contributed by atoms with van der Waals surface area (Å²) in [6.45, 7) is 9.74. The first-order valence-electron chi connectivity index (χ1n) is 7.87. The van der Waals surface area contributed by atoms with Gasteiger partial charge in [0.05, 0.1) is 19.3 Å². The Bertz CT molecular complexity index is 274. The molecule has 3 heteroatoms. The Hall–Kier alpha value is -0.120. The van der Waals surface area contributed by atoms with E-state index in [1.807, 2.05) is 7.05 Å². The van der Waals surface area contributed by atoms with Crippen LogP contribution in [0.1, 0.15) is 46.5 Å². The number of nitrogens with one attached hydrogen (secondary N) is 1. The predicted octanol–water partition coefficient (Wildman–Crippen LogP) is 2.84. The summed E-state index contributed by atoms with van der Waals surface area (Å²) >= 11 is 0. The molecule has 0 aromatic rings. The first kappa shape index (κ1) is 15.3. The highest BCUT2D eigenvalue weighted by Crippen LogP contribution is 2.39. The van der Waals surface area contributed by atoms with Gasteiger partial charge in [0.1, 0.15) is 0 Å². The summed E-state index contributed by atoms with van der Waals surface area (Å²) < 4.78 is 11.7. The lowest BCUT2D eigenvalue weighted by molar-refractivity contribution is -0.0356. The molecule has 1 saturated carbocycles. The molecule has 3 nitrogen and oxygen atoms in total. The van der Waals surface area contributed by atoms with E-state index < -0.39 is 0 Å². The van der Waals surface area contributed by atoms with E-state index in [2.05, 4.69) is 26.1 Å². The fraction of sp³-hybridized carbons (Fsp3) is 1.00. The molecule has 0 amide bonds. The zero-order valence-electron chi connectivity index (χ0n) is 13.1. The molecule has 0 radical (unpaired) electrons. The topological polar surface area (TPSA) is 30.5 Å². The van der Waals surface area contributed by atoms with E-state index in [9.17, 15) is 0 Å². The largest absolute Gasteiger partial charge is 0.381 e. The second-order valence-electron chi connectivity index (χ2n) is 7.39. The highest BCUT2D eigenvalue weighted by Gasteiger charge is 2.33. The number of hydrogen-bond acceptors (Lipinski definition) is 3. The lowest BCUT2D eigenvalue weighted by Crippen LogP contribution is -2.41. The normalized spacial score (nSPS) is 36.3. The van der Waals surface area contributed by atoms with Crippen molar-refractivity contribution in [3.63, 3.8) is 0 Å². The summed E-state index contributed by atoms with van der Waals surface area (Å²) in [5.41, 5.74) is 0.438. The van der Waals surface area contributed by atoms with Crippen LogP contribution in [-0.4, -0.2) is 39.0 Å². The highest BCUT2D eigenvalue weighted by molar-refractivity contribution is 4.85. The SMILES string of the molecule is CNC(COC1CC(C)CC(C)(C)C1)C1CCOC1. The monoisotopic (exact) mass is 269 g/mol. The molecule has 1 aliphatic carbocycles. The van der Waals surface area contributed by atoms with Gasteiger partial charge in [-0.1, -0.05) is 20.8 Å². The predicted molar refractivity (Wildman–Crippen MR) is 78.3 cm³/mol. The van der Waals surface area contributed by atoms with Crippen molar-refractivity contribution >= 4 is 0 Å². The maximum atomic E-state index is 6.24. The number of likely N-dealkylation sites (N-methyl/N-ethyl adjacent to an activating group) is 1. The van der Waals surface area contributed by atoms with Crippen molar-refractivity contribution in [2.45, 2.75) is 58.6 Å². The van der Waals surface area contributed by atoms with Crippen molar-refractivity contribution in [3.05, 3.63) is 0 Å². The molecular formula is C16H31NO2. The summed E-state index contributed by atoms with van der Waals surface area (Å²) in [4.78, 5) is 0. The fourth-order valence-electron chi connectivity index (χ4n) is 3.95. The third kappa shape index (κ3) is 4.44. The van der Waals surface area contributed by atoms with E-state index in [1.165, 1.54) is 25.7 Å². The summed E-state index contributed by atoms with van der Waals surface area (Å²) in [6.07, 6.45) is 5.37. The molecule has 19 heavy (non-hydrogen) atoms. The van der Waals surface area contributed by atoms with Crippen molar-refractivity contribution in [1.82, 2.24) is 5.32 Å². The van der Waals surface area contributed by atoms with Crippen molar-refractivity contribution in [3.8, 4) is 0 Å². The Balaban J connectivity index is 1.79. The van der Waals surface area contributed by atoms with Gasteiger partial charge in [-0.15, -0.1) is 0 Å². The Morgan fingerprint density at radius 3 is 2.74 bits per heavy atom. The molecule has 1 saturated heterocycles. The average molecular weight is 269 g/mol. The summed E-state index contributed by atoms with van der Waals surface area (Å²) in [5, 5.41) is 3.41. The van der Waals surface area contributed by atoms with Gasteiger partial charge in [0, 0.05) is 18.6 Å². The minimum atomic E-state index is 0.438. The van der Waals surface area contributed by atoms with E-state index in [-0.39, 0.29) is 0 Å². The molecule has 1 N–H and O–H groups in total. The van der Waals surface area contributed by atoms with Crippen LogP contribution in [0.2, 0.25) is 0 Å². The first-order valence-corrected chi connectivity index (χ1v) is 7.87. The number of rotatable bonds is 5. The van der Waals surface area contributed by atoms with Gasteiger partial charge in [-0.05, 0) is 44.1 Å². The van der Waals surface area contributed by atoms with Crippen molar-refractivity contribution < 1.29 is 9.47 Å². The Morgan fingerprint density at radius 1 is 1.37 bits per heavy atom. The van der Waals surface area contributed by atoms with Crippen LogP contribution in [0.15, 0.2) is 0 Å². The third-order valence-electron chi connectivity index (χ3n) is 4.76. The molecule has 4 unspecified atom stereocenters. The van der Waals surface area contributed by atoms with Crippen LogP contribution in [-0.2, 0) is 9.47 Å². The second kappa shape index (κ2) is 6.55.